The largest absolute Gasteiger partial charge is 0.478 e. The topological polar surface area (TPSA) is 70.1 Å². The van der Waals surface area contributed by atoms with E-state index in [1.54, 1.807) is 11.0 Å². The van der Waals surface area contributed by atoms with E-state index >= 15 is 0 Å². The van der Waals surface area contributed by atoms with Gasteiger partial charge in [0.05, 0.1) is 16.8 Å². The Labute approximate surface area is 190 Å². The lowest BCUT2D eigenvalue weighted by Crippen LogP contribution is -2.36. The number of hydrogen-bond donors (Lipinski definition) is 1. The van der Waals surface area contributed by atoms with E-state index < -0.39 is 5.97 Å². The monoisotopic (exact) mass is 446 g/mol. The summed E-state index contributed by atoms with van der Waals surface area (Å²) >= 11 is 0. The van der Waals surface area contributed by atoms with Crippen molar-refractivity contribution in [3.63, 3.8) is 0 Å². The zero-order valence-corrected chi connectivity index (χ0v) is 19.7. The van der Waals surface area contributed by atoms with Crippen LogP contribution in [0.4, 0.5) is 5.69 Å². The van der Waals surface area contributed by atoms with Crippen LogP contribution in [-0.4, -0.2) is 49.1 Å². The molecule has 0 aromatic heterocycles. The molecule has 0 fully saturated rings. The molecule has 1 aliphatic heterocycles. The zero-order chi connectivity index (χ0) is 22.2. The van der Waals surface area contributed by atoms with Crippen LogP contribution in [0.1, 0.15) is 71.4 Å². The quantitative estimate of drug-likeness (QED) is 0.646. The molecule has 0 aliphatic carbocycles. The van der Waals surface area contributed by atoms with Crippen LogP contribution in [0.5, 0.6) is 11.5 Å². The van der Waals surface area contributed by atoms with Crippen molar-refractivity contribution in [2.75, 3.05) is 32.1 Å². The molecule has 1 N–H and O–H groups in total. The Morgan fingerprint density at radius 2 is 1.77 bits per heavy atom. The van der Waals surface area contributed by atoms with Crippen molar-refractivity contribution >= 4 is 30.0 Å². The van der Waals surface area contributed by atoms with Crippen LogP contribution < -0.4 is 9.64 Å². The molecule has 7 heteroatoms. The van der Waals surface area contributed by atoms with Crippen LogP contribution in [0, 0.1) is 0 Å². The molecule has 0 radical (unpaired) electrons. The first-order chi connectivity index (χ1) is 14.1. The number of likely N-dealkylation sites (N-methyl/N-ethyl adjacent to an activating group) is 1. The second kappa shape index (κ2) is 9.71. The van der Waals surface area contributed by atoms with E-state index in [-0.39, 0.29) is 35.7 Å². The molecular weight excluding hydrogens is 416 g/mol. The lowest BCUT2D eigenvalue weighted by Gasteiger charge is -2.24. The molecule has 2 aromatic rings. The maximum Gasteiger partial charge on any atom is 0.335 e. The van der Waals surface area contributed by atoms with Crippen LogP contribution >= 0.6 is 12.4 Å². The summed E-state index contributed by atoms with van der Waals surface area (Å²) in [5.74, 6) is 0.281. The number of carboxylic acid groups (broad SMARTS) is 1. The van der Waals surface area contributed by atoms with Gasteiger partial charge in [-0.05, 0) is 61.3 Å². The minimum absolute atomic E-state index is 0. The van der Waals surface area contributed by atoms with Gasteiger partial charge in [0.15, 0.2) is 5.75 Å². The van der Waals surface area contributed by atoms with Gasteiger partial charge in [0, 0.05) is 13.1 Å². The predicted octanol–water partition coefficient (Wildman–Crippen LogP) is 5.37. The fourth-order valence-corrected chi connectivity index (χ4v) is 3.54. The molecule has 1 heterocycles. The van der Waals surface area contributed by atoms with E-state index in [1.807, 2.05) is 25.1 Å². The minimum atomic E-state index is -1.04. The van der Waals surface area contributed by atoms with Crippen molar-refractivity contribution in [1.82, 2.24) is 4.90 Å². The fraction of sp³-hybridized carbons (Fsp3) is 0.417. The molecule has 0 bridgehead atoms. The third-order valence-corrected chi connectivity index (χ3v) is 5.38. The summed E-state index contributed by atoms with van der Waals surface area (Å²) in [5.41, 5.74) is 3.19. The fourth-order valence-electron chi connectivity index (χ4n) is 3.54. The number of anilines is 1. The molecule has 0 unspecified atom stereocenters. The molecule has 1 amide bonds. The van der Waals surface area contributed by atoms with Crippen molar-refractivity contribution in [2.24, 2.45) is 0 Å². The molecule has 1 aliphatic rings. The van der Waals surface area contributed by atoms with Gasteiger partial charge < -0.3 is 19.6 Å². The standard InChI is InChI=1S/C24H30N2O4.ClH/c1-14(2)17-11-18(15(3)4)22-19(12-17)23(27)26(10-9-25(5)6)20-13-16(24(28)29)7-8-21(20)30-22;/h7-8,11-15H,9-10H2,1-6H3,(H,28,29);1H. The van der Waals surface area contributed by atoms with Crippen molar-refractivity contribution < 1.29 is 19.4 Å². The van der Waals surface area contributed by atoms with Gasteiger partial charge in [-0.2, -0.15) is 0 Å². The highest BCUT2D eigenvalue weighted by Gasteiger charge is 2.31. The Morgan fingerprint density at radius 1 is 1.10 bits per heavy atom. The van der Waals surface area contributed by atoms with Gasteiger partial charge in [0.1, 0.15) is 5.75 Å². The number of aromatic carboxylic acids is 1. The Bertz CT molecular complexity index is 986. The van der Waals surface area contributed by atoms with Gasteiger partial charge in [0.2, 0.25) is 0 Å². The molecule has 0 spiro atoms. The van der Waals surface area contributed by atoms with E-state index in [0.717, 1.165) is 11.1 Å². The molecule has 0 saturated carbocycles. The van der Waals surface area contributed by atoms with Crippen LogP contribution in [0.3, 0.4) is 0 Å². The number of benzene rings is 2. The molecule has 3 rings (SSSR count). The second-order valence-corrected chi connectivity index (χ2v) is 8.65. The number of fused-ring (bicyclic) bond motifs is 2. The maximum atomic E-state index is 13.7. The van der Waals surface area contributed by atoms with Crippen LogP contribution in [0.2, 0.25) is 0 Å². The number of amides is 1. The summed E-state index contributed by atoms with van der Waals surface area (Å²) in [5, 5.41) is 9.46. The first kappa shape index (κ1) is 24.7. The number of ether oxygens (including phenoxy) is 1. The third kappa shape index (κ3) is 5.02. The summed E-state index contributed by atoms with van der Waals surface area (Å²) in [4.78, 5) is 28.9. The number of rotatable bonds is 6. The molecule has 0 saturated heterocycles. The molecule has 6 nitrogen and oxygen atoms in total. The Hall–Kier alpha value is -2.57. The first-order valence-corrected chi connectivity index (χ1v) is 10.3. The van der Waals surface area contributed by atoms with Gasteiger partial charge in [-0.1, -0.05) is 33.8 Å². The number of carboxylic acids is 1. The smallest absolute Gasteiger partial charge is 0.335 e. The van der Waals surface area contributed by atoms with Gasteiger partial charge in [0.25, 0.3) is 5.91 Å². The van der Waals surface area contributed by atoms with Gasteiger partial charge >= 0.3 is 5.97 Å². The zero-order valence-electron chi connectivity index (χ0n) is 18.9. The number of carbonyl (C=O) groups excluding carboxylic acids is 1. The van der Waals surface area contributed by atoms with Crippen molar-refractivity contribution in [3.8, 4) is 11.5 Å². The Morgan fingerprint density at radius 3 is 2.32 bits per heavy atom. The number of halogens is 1. The van der Waals surface area contributed by atoms with Crippen molar-refractivity contribution in [3.05, 3.63) is 52.6 Å². The summed E-state index contributed by atoms with van der Waals surface area (Å²) in [7, 11) is 3.88. The van der Waals surface area contributed by atoms with E-state index in [0.29, 0.717) is 35.8 Å². The van der Waals surface area contributed by atoms with Gasteiger partial charge in [-0.25, -0.2) is 4.79 Å². The molecular formula is C24H31ClN2O4. The SMILES string of the molecule is CC(C)c1cc2c(c(C(C)C)c1)Oc1ccc(C(=O)O)cc1N(CCN(C)C)C2=O.Cl. The number of carbonyl (C=O) groups is 2. The number of hydrogen-bond acceptors (Lipinski definition) is 4. The van der Waals surface area contributed by atoms with E-state index in [2.05, 4.69) is 33.8 Å². The average Bonchev–Trinajstić information content (AvgIpc) is 2.78. The van der Waals surface area contributed by atoms with Crippen LogP contribution in [-0.2, 0) is 0 Å². The Balaban J connectivity index is 0.00000341. The highest BCUT2D eigenvalue weighted by Crippen LogP contribution is 2.44. The lowest BCUT2D eigenvalue weighted by molar-refractivity contribution is 0.0696. The lowest BCUT2D eigenvalue weighted by atomic mass is 9.91. The summed E-state index contributed by atoms with van der Waals surface area (Å²) in [6.45, 7) is 9.43. The highest BCUT2D eigenvalue weighted by molar-refractivity contribution is 6.10. The van der Waals surface area contributed by atoms with Gasteiger partial charge in [-0.15, -0.1) is 12.4 Å². The highest BCUT2D eigenvalue weighted by atomic mass is 35.5. The van der Waals surface area contributed by atoms with Gasteiger partial charge in [-0.3, -0.25) is 4.79 Å². The van der Waals surface area contributed by atoms with Crippen LogP contribution in [0.25, 0.3) is 0 Å². The second-order valence-electron chi connectivity index (χ2n) is 8.65. The predicted molar refractivity (Wildman–Crippen MR) is 126 cm³/mol. The van der Waals surface area contributed by atoms with Crippen molar-refractivity contribution in [2.45, 2.75) is 39.5 Å². The summed E-state index contributed by atoms with van der Waals surface area (Å²) < 4.78 is 6.30. The first-order valence-electron chi connectivity index (χ1n) is 10.3. The Kier molecular flexibility index (Phi) is 7.73. The summed E-state index contributed by atoms with van der Waals surface area (Å²) in [6, 6.07) is 8.71. The molecule has 2 aromatic carbocycles. The third-order valence-electron chi connectivity index (χ3n) is 5.38. The van der Waals surface area contributed by atoms with E-state index in [1.165, 1.54) is 12.1 Å². The van der Waals surface area contributed by atoms with Crippen LogP contribution in [0.15, 0.2) is 30.3 Å². The van der Waals surface area contributed by atoms with E-state index in [4.69, 9.17) is 4.74 Å². The molecule has 31 heavy (non-hydrogen) atoms. The maximum absolute atomic E-state index is 13.7. The normalized spacial score (nSPS) is 12.9. The molecule has 0 atom stereocenters. The van der Waals surface area contributed by atoms with E-state index in [9.17, 15) is 14.7 Å². The summed E-state index contributed by atoms with van der Waals surface area (Å²) in [6.07, 6.45) is 0. The van der Waals surface area contributed by atoms with Crippen molar-refractivity contribution in [1.29, 1.82) is 0 Å². The number of nitrogens with zero attached hydrogens (tertiary/aromatic N) is 2. The average molecular weight is 447 g/mol. The minimum Gasteiger partial charge on any atom is -0.478 e. The molecule has 168 valence electrons.